The van der Waals surface area contributed by atoms with Gasteiger partial charge in [-0.15, -0.1) is 0 Å². The summed E-state index contributed by atoms with van der Waals surface area (Å²) >= 11 is 0. The highest BCUT2D eigenvalue weighted by Gasteiger charge is 2.09. The zero-order valence-corrected chi connectivity index (χ0v) is 10.4. The van der Waals surface area contributed by atoms with Gasteiger partial charge in [-0.1, -0.05) is 12.1 Å². The molecule has 0 aliphatic carbocycles. The van der Waals surface area contributed by atoms with Crippen LogP contribution in [0.5, 0.6) is 0 Å². The predicted octanol–water partition coefficient (Wildman–Crippen LogP) is 1.61. The lowest BCUT2D eigenvalue weighted by atomic mass is 10.2. The van der Waals surface area contributed by atoms with Gasteiger partial charge < -0.3 is 14.7 Å². The number of hydrogen-bond acceptors (Lipinski definition) is 4. The molecule has 100 valence electrons. The third-order valence-corrected chi connectivity index (χ3v) is 2.82. The molecule has 2 aromatic heterocycles. The van der Waals surface area contributed by atoms with Crippen molar-refractivity contribution in [1.82, 2.24) is 15.0 Å². The molecule has 0 unspecified atom stereocenters. The minimum Gasteiger partial charge on any atom is -0.453 e. The van der Waals surface area contributed by atoms with E-state index in [1.807, 2.05) is 0 Å². The van der Waals surface area contributed by atoms with E-state index in [-0.39, 0.29) is 12.2 Å². The van der Waals surface area contributed by atoms with E-state index in [1.165, 1.54) is 0 Å². The highest BCUT2D eigenvalue weighted by molar-refractivity contribution is 5.87. The van der Waals surface area contributed by atoms with Crippen LogP contribution in [0.1, 0.15) is 16.3 Å². The Morgan fingerprint density at radius 1 is 1.20 bits per heavy atom. The summed E-state index contributed by atoms with van der Waals surface area (Å²) < 4.78 is 5.07. The van der Waals surface area contributed by atoms with Crippen LogP contribution in [0.25, 0.3) is 10.9 Å². The number of rotatable bonds is 3. The van der Waals surface area contributed by atoms with E-state index in [1.54, 1.807) is 42.6 Å². The Morgan fingerprint density at radius 3 is 2.85 bits per heavy atom. The first-order chi connectivity index (χ1) is 9.74. The van der Waals surface area contributed by atoms with E-state index in [4.69, 9.17) is 4.74 Å². The topological polar surface area (TPSA) is 87.8 Å². The molecule has 0 spiro atoms. The molecule has 0 aliphatic heterocycles. The molecule has 0 fully saturated rings. The van der Waals surface area contributed by atoms with Crippen molar-refractivity contribution in [1.29, 1.82) is 0 Å². The van der Waals surface area contributed by atoms with Crippen LogP contribution in [0.3, 0.4) is 0 Å². The van der Waals surface area contributed by atoms with E-state index in [2.05, 4.69) is 15.0 Å². The summed E-state index contributed by atoms with van der Waals surface area (Å²) in [6.07, 6.45) is 1.63. The third kappa shape index (κ3) is 2.31. The summed E-state index contributed by atoms with van der Waals surface area (Å²) in [7, 11) is 0. The number of nitrogens with zero attached hydrogens (tertiary/aromatic N) is 1. The van der Waals surface area contributed by atoms with Gasteiger partial charge in [-0.2, -0.15) is 0 Å². The van der Waals surface area contributed by atoms with Crippen LogP contribution < -0.4 is 5.56 Å². The molecule has 1 aromatic carbocycles. The lowest BCUT2D eigenvalue weighted by molar-refractivity contribution is 0.0456. The fourth-order valence-corrected chi connectivity index (χ4v) is 1.87. The average Bonchev–Trinajstić information content (AvgIpc) is 2.99. The summed E-state index contributed by atoms with van der Waals surface area (Å²) in [6.45, 7) is -0.0854. The Hall–Kier alpha value is -2.89. The molecule has 0 aliphatic rings. The van der Waals surface area contributed by atoms with E-state index in [9.17, 15) is 9.59 Å². The van der Waals surface area contributed by atoms with Gasteiger partial charge in [0.2, 0.25) is 0 Å². The molecule has 0 saturated heterocycles. The first kappa shape index (κ1) is 12.2. The number of aromatic nitrogens is 3. The van der Waals surface area contributed by atoms with Crippen LogP contribution in [0.2, 0.25) is 0 Å². The van der Waals surface area contributed by atoms with Gasteiger partial charge in [-0.3, -0.25) is 4.79 Å². The summed E-state index contributed by atoms with van der Waals surface area (Å²) in [5, 5.41) is 0.506. The first-order valence-corrected chi connectivity index (χ1v) is 6.02. The number of fused-ring (bicyclic) bond motifs is 1. The molecule has 2 heterocycles. The number of carbonyl (C=O) groups excluding carboxylic acids is 1. The van der Waals surface area contributed by atoms with Crippen molar-refractivity contribution in [3.8, 4) is 0 Å². The van der Waals surface area contributed by atoms with E-state index in [0.29, 0.717) is 22.4 Å². The molecule has 0 saturated carbocycles. The molecule has 0 amide bonds. The number of carbonyl (C=O) groups is 1. The van der Waals surface area contributed by atoms with Crippen molar-refractivity contribution < 1.29 is 9.53 Å². The van der Waals surface area contributed by atoms with Gasteiger partial charge in [0.1, 0.15) is 18.1 Å². The third-order valence-electron chi connectivity index (χ3n) is 2.82. The number of esters is 1. The molecule has 6 heteroatoms. The van der Waals surface area contributed by atoms with Crippen LogP contribution >= 0.6 is 0 Å². The molecular weight excluding hydrogens is 258 g/mol. The first-order valence-electron chi connectivity index (χ1n) is 6.02. The van der Waals surface area contributed by atoms with Gasteiger partial charge in [0, 0.05) is 6.20 Å². The summed E-state index contributed by atoms with van der Waals surface area (Å²) in [5.74, 6) is -0.181. The molecule has 2 N–H and O–H groups in total. The molecular formula is C14H11N3O3. The van der Waals surface area contributed by atoms with Crippen molar-refractivity contribution in [2.75, 3.05) is 0 Å². The van der Waals surface area contributed by atoms with Crippen molar-refractivity contribution in [2.24, 2.45) is 0 Å². The minimum atomic E-state index is -0.495. The smallest absolute Gasteiger partial charge is 0.355 e. The van der Waals surface area contributed by atoms with Gasteiger partial charge >= 0.3 is 5.97 Å². The lowest BCUT2D eigenvalue weighted by Crippen LogP contribution is -2.14. The fraction of sp³-hybridized carbons (Fsp3) is 0.0714. The standard InChI is InChI=1S/C14H11N3O3/c18-13-9-4-1-2-5-10(9)16-12(17-13)8-20-14(19)11-6-3-7-15-11/h1-7,15H,8H2,(H,16,17,18). The lowest BCUT2D eigenvalue weighted by Gasteiger charge is -2.04. The van der Waals surface area contributed by atoms with Crippen LogP contribution in [0, 0.1) is 0 Å². The van der Waals surface area contributed by atoms with Gasteiger partial charge in [0.05, 0.1) is 10.9 Å². The second-order valence-corrected chi connectivity index (χ2v) is 4.19. The van der Waals surface area contributed by atoms with Crippen LogP contribution in [0.15, 0.2) is 47.4 Å². The Morgan fingerprint density at radius 2 is 2.05 bits per heavy atom. The second kappa shape index (κ2) is 5.00. The quantitative estimate of drug-likeness (QED) is 0.707. The van der Waals surface area contributed by atoms with E-state index in [0.717, 1.165) is 0 Å². The minimum absolute atomic E-state index is 0.0854. The number of para-hydroxylation sites is 1. The second-order valence-electron chi connectivity index (χ2n) is 4.19. The van der Waals surface area contributed by atoms with Crippen molar-refractivity contribution >= 4 is 16.9 Å². The fourth-order valence-electron chi connectivity index (χ4n) is 1.87. The zero-order chi connectivity index (χ0) is 13.9. The molecule has 3 rings (SSSR count). The maximum atomic E-state index is 11.8. The number of hydrogen-bond donors (Lipinski definition) is 2. The maximum Gasteiger partial charge on any atom is 0.355 e. The van der Waals surface area contributed by atoms with Gasteiger partial charge in [-0.25, -0.2) is 9.78 Å². The normalized spacial score (nSPS) is 10.6. The zero-order valence-electron chi connectivity index (χ0n) is 10.4. The molecule has 6 nitrogen and oxygen atoms in total. The molecule has 0 bridgehead atoms. The maximum absolute atomic E-state index is 11.8. The number of ether oxygens (including phenoxy) is 1. The van der Waals surface area contributed by atoms with E-state index >= 15 is 0 Å². The monoisotopic (exact) mass is 269 g/mol. The molecule has 0 atom stereocenters. The van der Waals surface area contributed by atoms with Crippen molar-refractivity contribution in [2.45, 2.75) is 6.61 Å². The number of H-pyrrole nitrogens is 2. The highest BCUT2D eigenvalue weighted by atomic mass is 16.5. The largest absolute Gasteiger partial charge is 0.453 e. The Labute approximate surface area is 113 Å². The van der Waals surface area contributed by atoms with Crippen LogP contribution in [-0.2, 0) is 11.3 Å². The summed E-state index contributed by atoms with van der Waals surface area (Å²) in [4.78, 5) is 33.1. The highest BCUT2D eigenvalue weighted by Crippen LogP contribution is 2.07. The molecule has 3 aromatic rings. The van der Waals surface area contributed by atoms with Crippen molar-refractivity contribution in [3.63, 3.8) is 0 Å². The number of aromatic amines is 2. The van der Waals surface area contributed by atoms with Gasteiger partial charge in [-0.05, 0) is 24.3 Å². The summed E-state index contributed by atoms with van der Waals surface area (Å²) in [6, 6.07) is 10.3. The van der Waals surface area contributed by atoms with Crippen LogP contribution in [0.4, 0.5) is 0 Å². The molecule has 0 radical (unpaired) electrons. The predicted molar refractivity (Wildman–Crippen MR) is 72.3 cm³/mol. The Kier molecular flexibility index (Phi) is 3.04. The number of nitrogens with one attached hydrogen (secondary N) is 2. The Balaban J connectivity index is 1.81. The van der Waals surface area contributed by atoms with Crippen LogP contribution in [-0.4, -0.2) is 20.9 Å². The number of benzene rings is 1. The summed E-state index contributed by atoms with van der Waals surface area (Å²) in [5.41, 5.74) is 0.678. The van der Waals surface area contributed by atoms with Gasteiger partial charge in [0.15, 0.2) is 0 Å². The van der Waals surface area contributed by atoms with Crippen molar-refractivity contribution in [3.05, 3.63) is 64.5 Å². The SMILES string of the molecule is O=C(OCc1nc2ccccc2c(=O)[nH]1)c1ccc[nH]1. The molecule has 20 heavy (non-hydrogen) atoms. The van der Waals surface area contributed by atoms with E-state index < -0.39 is 5.97 Å². The Bertz CT molecular complexity index is 806. The average molecular weight is 269 g/mol. The van der Waals surface area contributed by atoms with Gasteiger partial charge in [0.25, 0.3) is 5.56 Å².